The lowest BCUT2D eigenvalue weighted by Gasteiger charge is -2.42. The Labute approximate surface area is 111 Å². The molecular weight excluding hydrogens is 226 g/mol. The van der Waals surface area contributed by atoms with Crippen LogP contribution in [0.3, 0.4) is 0 Å². The van der Waals surface area contributed by atoms with Crippen molar-refractivity contribution in [1.82, 2.24) is 4.90 Å². The van der Waals surface area contributed by atoms with E-state index < -0.39 is 0 Å². The van der Waals surface area contributed by atoms with Crippen LogP contribution in [0.4, 0.5) is 0 Å². The molecule has 1 atom stereocenters. The van der Waals surface area contributed by atoms with Crippen molar-refractivity contribution in [1.29, 1.82) is 0 Å². The van der Waals surface area contributed by atoms with Crippen molar-refractivity contribution in [3.8, 4) is 0 Å². The summed E-state index contributed by atoms with van der Waals surface area (Å²) in [5, 5.41) is 0. The Kier molecular flexibility index (Phi) is 4.79. The fourth-order valence-electron chi connectivity index (χ4n) is 3.67. The summed E-state index contributed by atoms with van der Waals surface area (Å²) in [7, 11) is 0. The Hall–Kier alpha value is -0.410. The zero-order chi connectivity index (χ0) is 13.0. The van der Waals surface area contributed by atoms with Crippen LogP contribution in [0.2, 0.25) is 0 Å². The number of likely N-dealkylation sites (tertiary alicyclic amines) is 1. The van der Waals surface area contributed by atoms with Gasteiger partial charge in [0.2, 0.25) is 0 Å². The van der Waals surface area contributed by atoms with Crippen LogP contribution < -0.4 is 0 Å². The van der Waals surface area contributed by atoms with Crippen LogP contribution in [0.5, 0.6) is 0 Å². The van der Waals surface area contributed by atoms with E-state index in [0.29, 0.717) is 12.4 Å². The Morgan fingerprint density at radius 3 is 2.39 bits per heavy atom. The normalized spacial score (nSPS) is 26.4. The third kappa shape index (κ3) is 2.48. The van der Waals surface area contributed by atoms with Gasteiger partial charge in [-0.1, -0.05) is 13.8 Å². The van der Waals surface area contributed by atoms with Crippen molar-refractivity contribution in [2.24, 2.45) is 5.92 Å². The van der Waals surface area contributed by atoms with Crippen molar-refractivity contribution >= 4 is 5.78 Å². The number of ether oxygens (including phenoxy) is 1. The highest BCUT2D eigenvalue weighted by atomic mass is 16.5. The molecule has 0 N–H and O–H groups in total. The molecule has 0 saturated carbocycles. The topological polar surface area (TPSA) is 29.5 Å². The van der Waals surface area contributed by atoms with E-state index in [1.807, 2.05) is 0 Å². The zero-order valence-electron chi connectivity index (χ0n) is 11.9. The van der Waals surface area contributed by atoms with Gasteiger partial charge in [-0.3, -0.25) is 9.69 Å². The molecular formula is C15H27NO2. The molecule has 0 aromatic rings. The summed E-state index contributed by atoms with van der Waals surface area (Å²) in [4.78, 5) is 15.4. The van der Waals surface area contributed by atoms with Gasteiger partial charge in [-0.05, 0) is 51.6 Å². The van der Waals surface area contributed by atoms with Crippen LogP contribution in [0.15, 0.2) is 0 Å². The number of hydrogen-bond acceptors (Lipinski definition) is 3. The lowest BCUT2D eigenvalue weighted by Crippen LogP contribution is -2.55. The number of ketones is 1. The molecule has 104 valence electrons. The molecule has 0 radical (unpaired) electrons. The summed E-state index contributed by atoms with van der Waals surface area (Å²) in [6.45, 7) is 8.02. The van der Waals surface area contributed by atoms with Gasteiger partial charge in [0.15, 0.2) is 5.78 Å². The quantitative estimate of drug-likeness (QED) is 0.754. The van der Waals surface area contributed by atoms with Crippen LogP contribution in [0, 0.1) is 5.92 Å². The first kappa shape index (κ1) is 14.0. The molecule has 0 aromatic carbocycles. The second-order valence-electron chi connectivity index (χ2n) is 5.71. The molecule has 0 aromatic heterocycles. The van der Waals surface area contributed by atoms with Gasteiger partial charge >= 0.3 is 0 Å². The number of carbonyl (C=O) groups is 1. The predicted molar refractivity (Wildman–Crippen MR) is 72.7 cm³/mol. The second-order valence-corrected chi connectivity index (χ2v) is 5.71. The maximum atomic E-state index is 12.9. The summed E-state index contributed by atoms with van der Waals surface area (Å²) in [5.41, 5.74) is -0.206. The van der Waals surface area contributed by atoms with Crippen LogP contribution in [-0.2, 0) is 9.53 Å². The molecule has 3 nitrogen and oxygen atoms in total. The van der Waals surface area contributed by atoms with E-state index in [-0.39, 0.29) is 11.5 Å². The van der Waals surface area contributed by atoms with Crippen LogP contribution in [0.1, 0.15) is 52.4 Å². The van der Waals surface area contributed by atoms with Gasteiger partial charge < -0.3 is 4.74 Å². The molecule has 2 fully saturated rings. The molecule has 2 rings (SSSR count). The lowest BCUT2D eigenvalue weighted by molar-refractivity contribution is -0.139. The van der Waals surface area contributed by atoms with Crippen LogP contribution in [-0.4, -0.2) is 42.5 Å². The molecule has 2 aliphatic rings. The third-order valence-electron chi connectivity index (χ3n) is 4.87. The fraction of sp³-hybridized carbons (Fsp3) is 0.933. The minimum absolute atomic E-state index is 0.138. The Balaban J connectivity index is 2.14. The first-order valence-corrected chi connectivity index (χ1v) is 7.61. The molecule has 18 heavy (non-hydrogen) atoms. The average molecular weight is 253 g/mol. The Morgan fingerprint density at radius 1 is 1.22 bits per heavy atom. The molecule has 2 saturated heterocycles. The summed E-state index contributed by atoms with van der Waals surface area (Å²) in [5.74, 6) is 0.591. The van der Waals surface area contributed by atoms with Gasteiger partial charge in [0, 0.05) is 12.5 Å². The van der Waals surface area contributed by atoms with Crippen molar-refractivity contribution in [3.63, 3.8) is 0 Å². The number of nitrogens with zero attached hydrogens (tertiary/aromatic N) is 1. The molecule has 2 heterocycles. The van der Waals surface area contributed by atoms with Gasteiger partial charge in [-0.25, -0.2) is 0 Å². The summed E-state index contributed by atoms with van der Waals surface area (Å²) in [6, 6.07) is 0. The highest BCUT2D eigenvalue weighted by Gasteiger charge is 2.44. The Morgan fingerprint density at radius 2 is 1.89 bits per heavy atom. The monoisotopic (exact) mass is 253 g/mol. The zero-order valence-corrected chi connectivity index (χ0v) is 11.9. The molecule has 0 aliphatic carbocycles. The lowest BCUT2D eigenvalue weighted by atomic mass is 9.78. The van der Waals surface area contributed by atoms with Crippen molar-refractivity contribution in [3.05, 3.63) is 0 Å². The van der Waals surface area contributed by atoms with E-state index in [1.165, 1.54) is 12.8 Å². The van der Waals surface area contributed by atoms with E-state index in [0.717, 1.165) is 45.4 Å². The highest BCUT2D eigenvalue weighted by molar-refractivity contribution is 5.90. The number of hydrogen-bond donors (Lipinski definition) is 0. The minimum atomic E-state index is -0.206. The molecule has 1 unspecified atom stereocenters. The van der Waals surface area contributed by atoms with Gasteiger partial charge in [-0.2, -0.15) is 0 Å². The van der Waals surface area contributed by atoms with Gasteiger partial charge in [0.25, 0.3) is 0 Å². The largest absolute Gasteiger partial charge is 0.381 e. The third-order valence-corrected chi connectivity index (χ3v) is 4.87. The van der Waals surface area contributed by atoms with Gasteiger partial charge in [-0.15, -0.1) is 0 Å². The number of Topliss-reactive ketones (excluding diaryl/α,β-unsaturated/α-hetero) is 1. The molecule has 2 aliphatic heterocycles. The molecule has 0 amide bonds. The van der Waals surface area contributed by atoms with E-state index in [9.17, 15) is 4.79 Å². The summed E-state index contributed by atoms with van der Waals surface area (Å²) in [6.07, 6.45) is 6.44. The van der Waals surface area contributed by atoms with Crippen LogP contribution in [0.25, 0.3) is 0 Å². The standard InChI is InChI=1S/C15H27NO2/c1-3-15(4-2,16-9-5-6-10-16)14(17)13-8-7-11-18-12-13/h13H,3-12H2,1-2H3. The predicted octanol–water partition coefficient (Wildman–Crippen LogP) is 2.64. The maximum Gasteiger partial charge on any atom is 0.158 e. The average Bonchev–Trinajstić information content (AvgIpc) is 2.96. The van der Waals surface area contributed by atoms with E-state index in [1.54, 1.807) is 0 Å². The maximum absolute atomic E-state index is 12.9. The molecule has 0 spiro atoms. The minimum Gasteiger partial charge on any atom is -0.381 e. The van der Waals surface area contributed by atoms with E-state index in [2.05, 4.69) is 18.7 Å². The summed E-state index contributed by atoms with van der Waals surface area (Å²) < 4.78 is 5.51. The number of rotatable bonds is 5. The SMILES string of the molecule is CCC(CC)(C(=O)C1CCCOC1)N1CCCC1. The summed E-state index contributed by atoms with van der Waals surface area (Å²) >= 11 is 0. The van der Waals surface area contributed by atoms with E-state index in [4.69, 9.17) is 4.74 Å². The van der Waals surface area contributed by atoms with E-state index >= 15 is 0 Å². The first-order chi connectivity index (χ1) is 8.74. The molecule has 3 heteroatoms. The number of carbonyl (C=O) groups excluding carboxylic acids is 1. The van der Waals surface area contributed by atoms with Crippen LogP contribution >= 0.6 is 0 Å². The fourth-order valence-corrected chi connectivity index (χ4v) is 3.67. The molecule has 0 bridgehead atoms. The smallest absolute Gasteiger partial charge is 0.158 e. The van der Waals surface area contributed by atoms with Crippen molar-refractivity contribution in [2.45, 2.75) is 57.9 Å². The van der Waals surface area contributed by atoms with Gasteiger partial charge in [0.1, 0.15) is 0 Å². The van der Waals surface area contributed by atoms with Crippen molar-refractivity contribution < 1.29 is 9.53 Å². The van der Waals surface area contributed by atoms with Crippen molar-refractivity contribution in [2.75, 3.05) is 26.3 Å². The first-order valence-electron chi connectivity index (χ1n) is 7.61. The second kappa shape index (κ2) is 6.16. The van der Waals surface area contributed by atoms with Gasteiger partial charge in [0.05, 0.1) is 12.1 Å². The Bertz CT molecular complexity index is 274. The highest BCUT2D eigenvalue weighted by Crippen LogP contribution is 2.33.